The third-order valence-electron chi connectivity index (χ3n) is 6.24. The molecular weight excluding hydrogens is 352 g/mol. The van der Waals surface area contributed by atoms with Gasteiger partial charge in [0.05, 0.1) is 11.6 Å². The van der Waals surface area contributed by atoms with E-state index in [1.54, 1.807) is 17.0 Å². The molecule has 0 saturated carbocycles. The molecule has 2 heterocycles. The maximum Gasteiger partial charge on any atom is 0.322 e. The Morgan fingerprint density at radius 2 is 2.00 bits per heavy atom. The SMILES string of the molecule is CC(C)(C)N1CCC(CC2C(CO)CNC(=O)N2c2cccc(C#N)c2)CC1. The molecular formula is C22H32N4O2. The molecule has 1 aromatic rings. The number of nitrogens with one attached hydrogen (secondary N) is 1. The lowest BCUT2D eigenvalue weighted by Gasteiger charge is -2.45. The Bertz CT molecular complexity index is 729. The van der Waals surface area contributed by atoms with E-state index in [4.69, 9.17) is 0 Å². The molecule has 0 radical (unpaired) electrons. The highest BCUT2D eigenvalue weighted by molar-refractivity contribution is 5.93. The van der Waals surface area contributed by atoms with E-state index in [1.807, 2.05) is 12.1 Å². The molecule has 1 aromatic carbocycles. The maximum atomic E-state index is 12.7. The highest BCUT2D eigenvalue weighted by atomic mass is 16.3. The molecule has 2 amide bonds. The number of nitriles is 1. The van der Waals surface area contributed by atoms with Crippen LogP contribution in [0.1, 0.15) is 45.6 Å². The minimum absolute atomic E-state index is 0.0101. The van der Waals surface area contributed by atoms with Crippen LogP contribution in [0.15, 0.2) is 24.3 Å². The predicted octanol–water partition coefficient (Wildman–Crippen LogP) is 2.97. The van der Waals surface area contributed by atoms with Gasteiger partial charge in [0.15, 0.2) is 0 Å². The van der Waals surface area contributed by atoms with Crippen LogP contribution in [0.3, 0.4) is 0 Å². The summed E-state index contributed by atoms with van der Waals surface area (Å²) in [5, 5.41) is 22.1. The topological polar surface area (TPSA) is 79.6 Å². The molecule has 0 bridgehead atoms. The largest absolute Gasteiger partial charge is 0.396 e. The monoisotopic (exact) mass is 384 g/mol. The molecule has 0 aromatic heterocycles. The summed E-state index contributed by atoms with van der Waals surface area (Å²) in [5.74, 6) is 0.522. The van der Waals surface area contributed by atoms with Crippen molar-refractivity contribution in [2.24, 2.45) is 11.8 Å². The number of hydrogen-bond acceptors (Lipinski definition) is 4. The Hall–Kier alpha value is -2.10. The van der Waals surface area contributed by atoms with E-state index in [1.165, 1.54) is 0 Å². The van der Waals surface area contributed by atoms with Crippen molar-refractivity contribution < 1.29 is 9.90 Å². The lowest BCUT2D eigenvalue weighted by molar-refractivity contribution is 0.0781. The van der Waals surface area contributed by atoms with Gasteiger partial charge in [0.25, 0.3) is 0 Å². The summed E-state index contributed by atoms with van der Waals surface area (Å²) >= 11 is 0. The average molecular weight is 385 g/mol. The molecule has 2 saturated heterocycles. The number of anilines is 1. The van der Waals surface area contributed by atoms with Gasteiger partial charge in [0.2, 0.25) is 0 Å². The Morgan fingerprint density at radius 1 is 1.29 bits per heavy atom. The van der Waals surface area contributed by atoms with Gasteiger partial charge in [-0.3, -0.25) is 9.80 Å². The molecule has 0 spiro atoms. The summed E-state index contributed by atoms with van der Waals surface area (Å²) in [6.45, 7) is 9.44. The van der Waals surface area contributed by atoms with E-state index >= 15 is 0 Å². The van der Waals surface area contributed by atoms with Gasteiger partial charge < -0.3 is 10.4 Å². The van der Waals surface area contributed by atoms with Crippen LogP contribution in [0.2, 0.25) is 0 Å². The number of nitrogens with zero attached hydrogens (tertiary/aromatic N) is 3. The van der Waals surface area contributed by atoms with Crippen molar-refractivity contribution in [2.75, 3.05) is 31.1 Å². The minimum atomic E-state index is -0.142. The Kier molecular flexibility index (Phi) is 6.26. The van der Waals surface area contributed by atoms with Crippen LogP contribution < -0.4 is 10.2 Å². The second-order valence-electron chi connectivity index (χ2n) is 9.07. The zero-order chi connectivity index (χ0) is 20.3. The quantitative estimate of drug-likeness (QED) is 0.836. The van der Waals surface area contributed by atoms with Crippen LogP contribution in [-0.2, 0) is 0 Å². The zero-order valence-corrected chi connectivity index (χ0v) is 17.2. The summed E-state index contributed by atoms with van der Waals surface area (Å²) in [5.41, 5.74) is 1.45. The average Bonchev–Trinajstić information content (AvgIpc) is 2.68. The van der Waals surface area contributed by atoms with Crippen molar-refractivity contribution in [3.05, 3.63) is 29.8 Å². The first-order valence-electron chi connectivity index (χ1n) is 10.3. The molecule has 2 aliphatic rings. The molecule has 3 rings (SSSR count). The third kappa shape index (κ3) is 4.48. The number of carbonyl (C=O) groups is 1. The summed E-state index contributed by atoms with van der Waals surface area (Å²) in [4.78, 5) is 17.0. The number of rotatable bonds is 4. The van der Waals surface area contributed by atoms with Crippen LogP contribution in [-0.4, -0.2) is 53.9 Å². The second kappa shape index (κ2) is 8.50. The summed E-state index contributed by atoms with van der Waals surface area (Å²) in [6.07, 6.45) is 3.10. The number of hydrogen-bond donors (Lipinski definition) is 2. The fourth-order valence-corrected chi connectivity index (χ4v) is 4.50. The number of urea groups is 1. The number of carbonyl (C=O) groups excluding carboxylic acids is 1. The van der Waals surface area contributed by atoms with Crippen molar-refractivity contribution in [3.8, 4) is 6.07 Å². The fourth-order valence-electron chi connectivity index (χ4n) is 4.50. The number of likely N-dealkylation sites (tertiary alicyclic amines) is 1. The maximum absolute atomic E-state index is 12.7. The lowest BCUT2D eigenvalue weighted by atomic mass is 9.82. The highest BCUT2D eigenvalue weighted by Gasteiger charge is 2.38. The van der Waals surface area contributed by atoms with Crippen LogP contribution in [0.5, 0.6) is 0 Å². The zero-order valence-electron chi connectivity index (χ0n) is 17.2. The minimum Gasteiger partial charge on any atom is -0.396 e. The smallest absolute Gasteiger partial charge is 0.322 e. The Morgan fingerprint density at radius 3 is 2.61 bits per heavy atom. The Balaban J connectivity index is 1.78. The van der Waals surface area contributed by atoms with Gasteiger partial charge in [-0.2, -0.15) is 5.26 Å². The van der Waals surface area contributed by atoms with Gasteiger partial charge in [0.1, 0.15) is 0 Å². The normalized spacial score (nSPS) is 24.7. The van der Waals surface area contributed by atoms with Crippen molar-refractivity contribution in [1.29, 1.82) is 5.26 Å². The van der Waals surface area contributed by atoms with Crippen LogP contribution >= 0.6 is 0 Å². The number of aliphatic hydroxyl groups is 1. The first kappa shape index (κ1) is 20.6. The first-order chi connectivity index (χ1) is 13.3. The summed E-state index contributed by atoms with van der Waals surface area (Å²) < 4.78 is 0. The fraction of sp³-hybridized carbons (Fsp3) is 0.636. The van der Waals surface area contributed by atoms with Crippen LogP contribution in [0, 0.1) is 23.2 Å². The van der Waals surface area contributed by atoms with E-state index < -0.39 is 0 Å². The van der Waals surface area contributed by atoms with Crippen LogP contribution in [0.25, 0.3) is 0 Å². The van der Waals surface area contributed by atoms with Crippen molar-refractivity contribution in [3.63, 3.8) is 0 Å². The molecule has 2 unspecified atom stereocenters. The lowest BCUT2D eigenvalue weighted by Crippen LogP contribution is -2.59. The molecule has 6 heteroatoms. The van der Waals surface area contributed by atoms with E-state index in [2.05, 4.69) is 37.1 Å². The van der Waals surface area contributed by atoms with Gasteiger partial charge in [-0.05, 0) is 77.2 Å². The Labute approximate surface area is 168 Å². The third-order valence-corrected chi connectivity index (χ3v) is 6.24. The molecule has 6 nitrogen and oxygen atoms in total. The van der Waals surface area contributed by atoms with Gasteiger partial charge >= 0.3 is 6.03 Å². The van der Waals surface area contributed by atoms with E-state index in [0.717, 1.165) is 38.0 Å². The van der Waals surface area contributed by atoms with E-state index in [0.29, 0.717) is 18.0 Å². The van der Waals surface area contributed by atoms with Gasteiger partial charge in [0, 0.05) is 36.3 Å². The van der Waals surface area contributed by atoms with Crippen LogP contribution in [0.4, 0.5) is 10.5 Å². The number of amides is 2. The van der Waals surface area contributed by atoms with Crippen molar-refractivity contribution >= 4 is 11.7 Å². The standard InChI is InChI=1S/C22H32N4O2/c1-22(2,3)25-9-7-16(8-10-25)12-20-18(15-27)14-24-21(28)26(20)19-6-4-5-17(11-19)13-23/h4-6,11,16,18,20,27H,7-10,12,14-15H2,1-3H3,(H,24,28). The molecule has 152 valence electrons. The van der Waals surface area contributed by atoms with Crippen molar-refractivity contribution in [2.45, 2.75) is 51.6 Å². The van der Waals surface area contributed by atoms with E-state index in [9.17, 15) is 15.2 Å². The van der Waals surface area contributed by atoms with Gasteiger partial charge in [-0.1, -0.05) is 6.07 Å². The second-order valence-corrected chi connectivity index (χ2v) is 9.07. The molecule has 2 atom stereocenters. The predicted molar refractivity (Wildman–Crippen MR) is 110 cm³/mol. The highest BCUT2D eigenvalue weighted by Crippen LogP contribution is 2.33. The molecule has 2 N–H and O–H groups in total. The van der Waals surface area contributed by atoms with Gasteiger partial charge in [-0.15, -0.1) is 0 Å². The van der Waals surface area contributed by atoms with Gasteiger partial charge in [-0.25, -0.2) is 4.79 Å². The summed E-state index contributed by atoms with van der Waals surface area (Å²) in [7, 11) is 0. The number of aliphatic hydroxyl groups excluding tert-OH is 1. The van der Waals surface area contributed by atoms with Crippen molar-refractivity contribution in [1.82, 2.24) is 10.2 Å². The number of benzene rings is 1. The molecule has 28 heavy (non-hydrogen) atoms. The first-order valence-corrected chi connectivity index (χ1v) is 10.3. The number of piperidine rings is 1. The molecule has 2 fully saturated rings. The summed E-state index contributed by atoms with van der Waals surface area (Å²) in [6, 6.07) is 9.13. The van der Waals surface area contributed by atoms with E-state index in [-0.39, 0.29) is 30.1 Å². The molecule has 2 aliphatic heterocycles. The molecule has 0 aliphatic carbocycles.